The fourth-order valence-electron chi connectivity index (χ4n) is 3.55. The summed E-state index contributed by atoms with van der Waals surface area (Å²) in [7, 11) is 0. The number of rotatable bonds is 5. The lowest BCUT2D eigenvalue weighted by Gasteiger charge is -2.29. The molecule has 1 aromatic carbocycles. The van der Waals surface area contributed by atoms with E-state index < -0.39 is 6.10 Å². The van der Waals surface area contributed by atoms with Gasteiger partial charge in [0.1, 0.15) is 6.10 Å². The lowest BCUT2D eigenvalue weighted by Crippen LogP contribution is -2.40. The largest absolute Gasteiger partial charge is 0.376 e. The van der Waals surface area contributed by atoms with Gasteiger partial charge in [0.15, 0.2) is 0 Å². The zero-order valence-electron chi connectivity index (χ0n) is 13.9. The first kappa shape index (κ1) is 16.5. The SMILES string of the molecule is C[C@H](OC[C@H]1CCCCO1)C(=O)N1CCC[C@@H]1c1ccccc1. The smallest absolute Gasteiger partial charge is 0.251 e. The third-order valence-electron chi connectivity index (χ3n) is 4.87. The number of hydrogen-bond donors (Lipinski definition) is 0. The van der Waals surface area contributed by atoms with Gasteiger partial charge < -0.3 is 14.4 Å². The molecule has 0 radical (unpaired) electrons. The zero-order chi connectivity index (χ0) is 16.1. The molecule has 4 heteroatoms. The minimum Gasteiger partial charge on any atom is -0.376 e. The molecule has 0 spiro atoms. The van der Waals surface area contributed by atoms with E-state index in [9.17, 15) is 4.79 Å². The van der Waals surface area contributed by atoms with Gasteiger partial charge in [-0.3, -0.25) is 4.79 Å². The Morgan fingerprint density at radius 1 is 1.26 bits per heavy atom. The monoisotopic (exact) mass is 317 g/mol. The van der Waals surface area contributed by atoms with Gasteiger partial charge in [0.05, 0.1) is 18.8 Å². The molecule has 3 rings (SSSR count). The third kappa shape index (κ3) is 4.12. The van der Waals surface area contributed by atoms with Crippen LogP contribution in [0, 0.1) is 0 Å². The van der Waals surface area contributed by atoms with Gasteiger partial charge in [-0.25, -0.2) is 0 Å². The van der Waals surface area contributed by atoms with Crippen LogP contribution in [-0.2, 0) is 14.3 Å². The number of carbonyl (C=O) groups excluding carboxylic acids is 1. The molecule has 2 heterocycles. The van der Waals surface area contributed by atoms with Crippen LogP contribution in [0.4, 0.5) is 0 Å². The summed E-state index contributed by atoms with van der Waals surface area (Å²) in [6.45, 7) is 4.03. The molecular weight excluding hydrogens is 290 g/mol. The van der Waals surface area contributed by atoms with E-state index in [4.69, 9.17) is 9.47 Å². The Balaban J connectivity index is 1.55. The molecule has 0 saturated carbocycles. The minimum absolute atomic E-state index is 0.104. The number of likely N-dealkylation sites (tertiary alicyclic amines) is 1. The highest BCUT2D eigenvalue weighted by atomic mass is 16.5. The van der Waals surface area contributed by atoms with Crippen molar-refractivity contribution in [2.24, 2.45) is 0 Å². The fraction of sp³-hybridized carbons (Fsp3) is 0.632. The van der Waals surface area contributed by atoms with Crippen LogP contribution in [-0.4, -0.2) is 42.8 Å². The molecule has 2 aliphatic heterocycles. The number of benzene rings is 1. The van der Waals surface area contributed by atoms with Gasteiger partial charge in [-0.2, -0.15) is 0 Å². The Morgan fingerprint density at radius 2 is 2.09 bits per heavy atom. The summed E-state index contributed by atoms with van der Waals surface area (Å²) in [6.07, 6.45) is 5.22. The number of ether oxygens (including phenoxy) is 2. The standard InChI is InChI=1S/C19H27NO3/c1-15(23-14-17-10-5-6-13-22-17)19(21)20-12-7-11-18(20)16-8-3-2-4-9-16/h2-4,8-9,15,17-18H,5-7,10-14H2,1H3/t15-,17+,18+/m0/s1. The van der Waals surface area contributed by atoms with Crippen molar-refractivity contribution in [2.75, 3.05) is 19.8 Å². The van der Waals surface area contributed by atoms with E-state index in [1.54, 1.807) is 0 Å². The summed E-state index contributed by atoms with van der Waals surface area (Å²) in [6, 6.07) is 10.5. The van der Waals surface area contributed by atoms with Crippen molar-refractivity contribution in [3.8, 4) is 0 Å². The molecule has 2 saturated heterocycles. The molecule has 23 heavy (non-hydrogen) atoms. The van der Waals surface area contributed by atoms with Gasteiger partial charge in [0.2, 0.25) is 0 Å². The van der Waals surface area contributed by atoms with E-state index in [2.05, 4.69) is 12.1 Å². The fourth-order valence-corrected chi connectivity index (χ4v) is 3.55. The third-order valence-corrected chi connectivity index (χ3v) is 4.87. The molecule has 1 aromatic rings. The second kappa shape index (κ2) is 7.93. The van der Waals surface area contributed by atoms with Crippen LogP contribution in [0.5, 0.6) is 0 Å². The van der Waals surface area contributed by atoms with Crippen molar-refractivity contribution >= 4 is 5.91 Å². The predicted molar refractivity (Wildman–Crippen MR) is 89.1 cm³/mol. The summed E-state index contributed by atoms with van der Waals surface area (Å²) in [4.78, 5) is 14.7. The highest BCUT2D eigenvalue weighted by Gasteiger charge is 2.33. The van der Waals surface area contributed by atoms with Crippen LogP contribution in [0.3, 0.4) is 0 Å². The maximum absolute atomic E-state index is 12.8. The van der Waals surface area contributed by atoms with Crippen LogP contribution in [0.1, 0.15) is 50.6 Å². The molecule has 1 amide bonds. The van der Waals surface area contributed by atoms with Gasteiger partial charge in [-0.05, 0) is 44.6 Å². The lowest BCUT2D eigenvalue weighted by molar-refractivity contribution is -0.147. The molecule has 126 valence electrons. The van der Waals surface area contributed by atoms with Crippen molar-refractivity contribution < 1.29 is 14.3 Å². The van der Waals surface area contributed by atoms with Gasteiger partial charge in [-0.15, -0.1) is 0 Å². The van der Waals surface area contributed by atoms with E-state index >= 15 is 0 Å². The van der Waals surface area contributed by atoms with Crippen LogP contribution < -0.4 is 0 Å². The first-order valence-electron chi connectivity index (χ1n) is 8.84. The maximum Gasteiger partial charge on any atom is 0.251 e. The van der Waals surface area contributed by atoms with Gasteiger partial charge in [0, 0.05) is 13.2 Å². The van der Waals surface area contributed by atoms with Gasteiger partial charge >= 0.3 is 0 Å². The molecule has 0 aromatic heterocycles. The quantitative estimate of drug-likeness (QED) is 0.836. The van der Waals surface area contributed by atoms with E-state index in [1.807, 2.05) is 30.0 Å². The molecule has 0 unspecified atom stereocenters. The van der Waals surface area contributed by atoms with Crippen LogP contribution in [0.2, 0.25) is 0 Å². The second-order valence-corrected chi connectivity index (χ2v) is 6.56. The van der Waals surface area contributed by atoms with E-state index in [0.29, 0.717) is 6.61 Å². The van der Waals surface area contributed by atoms with Crippen molar-refractivity contribution in [3.63, 3.8) is 0 Å². The molecule has 4 nitrogen and oxygen atoms in total. The second-order valence-electron chi connectivity index (χ2n) is 6.56. The normalized spacial score (nSPS) is 26.2. The molecule has 2 aliphatic rings. The Bertz CT molecular complexity index is 499. The van der Waals surface area contributed by atoms with Gasteiger partial charge in [-0.1, -0.05) is 30.3 Å². The van der Waals surface area contributed by atoms with Crippen LogP contribution in [0.25, 0.3) is 0 Å². The highest BCUT2D eigenvalue weighted by molar-refractivity contribution is 5.81. The Kier molecular flexibility index (Phi) is 5.68. The van der Waals surface area contributed by atoms with E-state index in [-0.39, 0.29) is 18.1 Å². The molecular formula is C19H27NO3. The molecule has 0 N–H and O–H groups in total. The summed E-state index contributed by atoms with van der Waals surface area (Å²) in [5.41, 5.74) is 1.22. The molecule has 0 aliphatic carbocycles. The lowest BCUT2D eigenvalue weighted by atomic mass is 10.0. The van der Waals surface area contributed by atoms with E-state index in [0.717, 1.165) is 38.8 Å². The summed E-state index contributed by atoms with van der Waals surface area (Å²) >= 11 is 0. The minimum atomic E-state index is -0.398. The Hall–Kier alpha value is -1.39. The van der Waals surface area contributed by atoms with Crippen molar-refractivity contribution in [3.05, 3.63) is 35.9 Å². The molecule has 2 fully saturated rings. The van der Waals surface area contributed by atoms with Crippen molar-refractivity contribution in [1.82, 2.24) is 4.90 Å². The zero-order valence-corrected chi connectivity index (χ0v) is 13.9. The van der Waals surface area contributed by atoms with Crippen LogP contribution in [0.15, 0.2) is 30.3 Å². The van der Waals surface area contributed by atoms with Crippen molar-refractivity contribution in [2.45, 2.75) is 57.3 Å². The molecule has 3 atom stereocenters. The maximum atomic E-state index is 12.8. The van der Waals surface area contributed by atoms with Crippen molar-refractivity contribution in [1.29, 1.82) is 0 Å². The topological polar surface area (TPSA) is 38.8 Å². The first-order valence-corrected chi connectivity index (χ1v) is 8.84. The number of amides is 1. The first-order chi connectivity index (χ1) is 11.3. The number of nitrogens with zero attached hydrogens (tertiary/aromatic N) is 1. The number of carbonyl (C=O) groups is 1. The summed E-state index contributed by atoms with van der Waals surface area (Å²) in [5, 5.41) is 0. The predicted octanol–water partition coefficient (Wildman–Crippen LogP) is 3.32. The van der Waals surface area contributed by atoms with Gasteiger partial charge in [0.25, 0.3) is 5.91 Å². The van der Waals surface area contributed by atoms with Crippen LogP contribution >= 0.6 is 0 Å². The summed E-state index contributed by atoms with van der Waals surface area (Å²) in [5.74, 6) is 0.104. The number of hydrogen-bond acceptors (Lipinski definition) is 3. The highest BCUT2D eigenvalue weighted by Crippen LogP contribution is 2.32. The Morgan fingerprint density at radius 3 is 2.83 bits per heavy atom. The summed E-state index contributed by atoms with van der Waals surface area (Å²) < 4.78 is 11.5. The average Bonchev–Trinajstić information content (AvgIpc) is 3.10. The Labute approximate surface area is 138 Å². The molecule has 0 bridgehead atoms. The van der Waals surface area contributed by atoms with E-state index in [1.165, 1.54) is 12.0 Å². The average molecular weight is 317 g/mol.